The van der Waals surface area contributed by atoms with Crippen molar-refractivity contribution in [2.75, 3.05) is 19.5 Å². The minimum absolute atomic E-state index is 0.249. The average molecular weight is 435 g/mol. The number of H-pyrrole nitrogens is 1. The number of aromatic nitrogens is 2. The molecule has 3 aromatic rings. The predicted octanol–water partition coefficient (Wildman–Crippen LogP) is 4.58. The van der Waals surface area contributed by atoms with Gasteiger partial charge in [0, 0.05) is 36.5 Å². The molecule has 0 radical (unpaired) electrons. The maximum Gasteiger partial charge on any atom is 0.259 e. The molecule has 1 aliphatic rings. The standard InChI is InChI=1S/C25H30N4O3/c1-14-13-27-25(32-4)15(2)22(14)16-5-10-19-21(11-16)29-24(30)20(12-26)23(19)28-17-6-8-18(31-3)9-7-17/h5,10-13,17-18,26H,6-9H2,1-4H3,(H2,28,29,30)/t17-,18-. The number of aromatic amines is 1. The first-order valence-corrected chi connectivity index (χ1v) is 11.0. The van der Waals surface area contributed by atoms with Crippen LogP contribution in [-0.2, 0) is 4.74 Å². The molecule has 4 rings (SSSR count). The van der Waals surface area contributed by atoms with Crippen LogP contribution in [0.15, 0.2) is 29.2 Å². The van der Waals surface area contributed by atoms with Crippen LogP contribution >= 0.6 is 0 Å². The Balaban J connectivity index is 1.79. The van der Waals surface area contributed by atoms with Gasteiger partial charge in [-0.2, -0.15) is 0 Å². The molecule has 2 aromatic heterocycles. The third-order valence-electron chi connectivity index (χ3n) is 6.50. The molecule has 7 nitrogen and oxygen atoms in total. The molecule has 168 valence electrons. The van der Waals surface area contributed by atoms with E-state index in [4.69, 9.17) is 14.9 Å². The Morgan fingerprint density at radius 3 is 2.59 bits per heavy atom. The monoisotopic (exact) mass is 434 g/mol. The summed E-state index contributed by atoms with van der Waals surface area (Å²) in [4.78, 5) is 20.1. The fourth-order valence-electron chi connectivity index (χ4n) is 4.78. The zero-order valence-electron chi connectivity index (χ0n) is 19.0. The smallest absolute Gasteiger partial charge is 0.259 e. The quantitative estimate of drug-likeness (QED) is 0.493. The number of nitrogens with zero attached hydrogens (tertiary/aromatic N) is 1. The van der Waals surface area contributed by atoms with Gasteiger partial charge in [0.1, 0.15) is 0 Å². The highest BCUT2D eigenvalue weighted by molar-refractivity contribution is 6.02. The van der Waals surface area contributed by atoms with E-state index in [0.717, 1.165) is 70.7 Å². The molecule has 1 saturated carbocycles. The van der Waals surface area contributed by atoms with Crippen LogP contribution in [0.5, 0.6) is 5.88 Å². The van der Waals surface area contributed by atoms with Crippen LogP contribution in [0.1, 0.15) is 42.4 Å². The summed E-state index contributed by atoms with van der Waals surface area (Å²) >= 11 is 0. The maximum absolute atomic E-state index is 12.8. The Bertz CT molecular complexity index is 1210. The number of aryl methyl sites for hydroxylation is 1. The van der Waals surface area contributed by atoms with E-state index in [1.807, 2.05) is 26.0 Å². The highest BCUT2D eigenvalue weighted by Crippen LogP contribution is 2.35. The van der Waals surface area contributed by atoms with Crippen LogP contribution in [0.4, 0.5) is 5.69 Å². The lowest BCUT2D eigenvalue weighted by molar-refractivity contribution is 0.0682. The number of nitrogens with one attached hydrogen (secondary N) is 3. The number of anilines is 1. The van der Waals surface area contributed by atoms with Crippen molar-refractivity contribution in [3.63, 3.8) is 0 Å². The number of ether oxygens (including phenoxy) is 2. The van der Waals surface area contributed by atoms with Crippen molar-refractivity contribution in [2.45, 2.75) is 51.7 Å². The van der Waals surface area contributed by atoms with E-state index in [1.165, 1.54) is 0 Å². The fraction of sp³-hybridized carbons (Fsp3) is 0.400. The van der Waals surface area contributed by atoms with E-state index in [9.17, 15) is 4.79 Å². The second-order valence-electron chi connectivity index (χ2n) is 8.45. The SMILES string of the molecule is COc1ncc(C)c(-c2ccc3c(N[C@H]4CC[C@H](OC)CC4)c(C=N)c(=O)[nH]c3c2)c1C. The van der Waals surface area contributed by atoms with Gasteiger partial charge in [-0.15, -0.1) is 0 Å². The van der Waals surface area contributed by atoms with Crippen LogP contribution in [0.25, 0.3) is 22.0 Å². The van der Waals surface area contributed by atoms with Crippen molar-refractivity contribution in [1.82, 2.24) is 9.97 Å². The molecule has 0 amide bonds. The van der Waals surface area contributed by atoms with Crippen molar-refractivity contribution in [3.8, 4) is 17.0 Å². The zero-order chi connectivity index (χ0) is 22.8. The first-order chi connectivity index (χ1) is 15.5. The van der Waals surface area contributed by atoms with Gasteiger partial charge in [0.05, 0.1) is 30.0 Å². The van der Waals surface area contributed by atoms with Gasteiger partial charge >= 0.3 is 0 Å². The summed E-state index contributed by atoms with van der Waals surface area (Å²) in [6, 6.07) is 6.31. The van der Waals surface area contributed by atoms with E-state index < -0.39 is 0 Å². The number of pyridine rings is 2. The van der Waals surface area contributed by atoms with Crippen molar-refractivity contribution in [3.05, 3.63) is 51.4 Å². The number of benzene rings is 1. The predicted molar refractivity (Wildman–Crippen MR) is 128 cm³/mol. The summed E-state index contributed by atoms with van der Waals surface area (Å²) in [5, 5.41) is 12.3. The maximum atomic E-state index is 12.8. The number of hydrogen-bond donors (Lipinski definition) is 3. The van der Waals surface area contributed by atoms with E-state index in [1.54, 1.807) is 20.4 Å². The third kappa shape index (κ3) is 4.00. The van der Waals surface area contributed by atoms with Crippen LogP contribution in [0.2, 0.25) is 0 Å². The molecule has 0 saturated heterocycles. The normalized spacial score (nSPS) is 18.5. The van der Waals surface area contributed by atoms with Crippen molar-refractivity contribution in [2.24, 2.45) is 0 Å². The van der Waals surface area contributed by atoms with Crippen LogP contribution in [0.3, 0.4) is 0 Å². The molecule has 1 fully saturated rings. The molecule has 2 heterocycles. The Labute approximate surface area is 187 Å². The van der Waals surface area contributed by atoms with Gasteiger partial charge in [0.25, 0.3) is 5.56 Å². The molecule has 32 heavy (non-hydrogen) atoms. The first kappa shape index (κ1) is 22.0. The number of rotatable bonds is 6. The van der Waals surface area contributed by atoms with Crippen molar-refractivity contribution in [1.29, 1.82) is 5.41 Å². The molecule has 0 aliphatic heterocycles. The number of fused-ring (bicyclic) bond motifs is 1. The van der Waals surface area contributed by atoms with Gasteiger partial charge in [0.2, 0.25) is 5.88 Å². The molecule has 1 aliphatic carbocycles. The number of methoxy groups -OCH3 is 2. The molecular weight excluding hydrogens is 404 g/mol. The summed E-state index contributed by atoms with van der Waals surface area (Å²) in [5.74, 6) is 0.590. The lowest BCUT2D eigenvalue weighted by atomic mass is 9.92. The minimum Gasteiger partial charge on any atom is -0.481 e. The Hall–Kier alpha value is -3.19. The summed E-state index contributed by atoms with van der Waals surface area (Å²) in [7, 11) is 3.37. The second kappa shape index (κ2) is 9.12. The highest BCUT2D eigenvalue weighted by atomic mass is 16.5. The summed E-state index contributed by atoms with van der Waals surface area (Å²) in [6.45, 7) is 4.01. The lowest BCUT2D eigenvalue weighted by Gasteiger charge is -2.29. The van der Waals surface area contributed by atoms with Gasteiger partial charge in [-0.25, -0.2) is 4.98 Å². The summed E-state index contributed by atoms with van der Waals surface area (Å²) in [5.41, 5.74) is 5.58. The van der Waals surface area contributed by atoms with E-state index >= 15 is 0 Å². The van der Waals surface area contributed by atoms with Gasteiger partial charge in [-0.05, 0) is 62.3 Å². The van der Waals surface area contributed by atoms with Crippen LogP contribution in [0, 0.1) is 19.3 Å². The van der Waals surface area contributed by atoms with E-state index in [-0.39, 0.29) is 11.6 Å². The fourth-order valence-corrected chi connectivity index (χ4v) is 4.78. The molecule has 0 unspecified atom stereocenters. The molecule has 0 bridgehead atoms. The highest BCUT2D eigenvalue weighted by Gasteiger charge is 2.23. The van der Waals surface area contributed by atoms with Crippen molar-refractivity contribution < 1.29 is 9.47 Å². The van der Waals surface area contributed by atoms with Gasteiger partial charge < -0.3 is 25.2 Å². The van der Waals surface area contributed by atoms with Crippen LogP contribution in [-0.4, -0.2) is 42.5 Å². The van der Waals surface area contributed by atoms with Gasteiger partial charge in [-0.3, -0.25) is 4.79 Å². The second-order valence-corrected chi connectivity index (χ2v) is 8.45. The zero-order valence-corrected chi connectivity index (χ0v) is 19.0. The van der Waals surface area contributed by atoms with Crippen molar-refractivity contribution >= 4 is 22.8 Å². The Morgan fingerprint density at radius 2 is 1.94 bits per heavy atom. The summed E-state index contributed by atoms with van der Waals surface area (Å²) in [6.07, 6.45) is 7.16. The van der Waals surface area contributed by atoms with Crippen LogP contribution < -0.4 is 15.6 Å². The summed E-state index contributed by atoms with van der Waals surface area (Å²) < 4.78 is 10.9. The molecule has 7 heteroatoms. The average Bonchev–Trinajstić information content (AvgIpc) is 2.79. The van der Waals surface area contributed by atoms with E-state index in [0.29, 0.717) is 17.5 Å². The van der Waals surface area contributed by atoms with Gasteiger partial charge in [0.15, 0.2) is 0 Å². The molecular formula is C25H30N4O3. The largest absolute Gasteiger partial charge is 0.481 e. The molecule has 0 atom stereocenters. The van der Waals surface area contributed by atoms with Gasteiger partial charge in [-0.1, -0.05) is 12.1 Å². The number of hydrogen-bond acceptors (Lipinski definition) is 6. The first-order valence-electron chi connectivity index (χ1n) is 11.0. The lowest BCUT2D eigenvalue weighted by Crippen LogP contribution is -2.30. The topological polar surface area (TPSA) is 100 Å². The Morgan fingerprint density at radius 1 is 1.19 bits per heavy atom. The third-order valence-corrected chi connectivity index (χ3v) is 6.50. The molecule has 1 aromatic carbocycles. The molecule has 3 N–H and O–H groups in total. The minimum atomic E-state index is -0.265. The molecule has 0 spiro atoms. The Kier molecular flexibility index (Phi) is 6.28. The van der Waals surface area contributed by atoms with E-state index in [2.05, 4.69) is 21.4 Å².